The Balaban J connectivity index is 1.85. The van der Waals surface area contributed by atoms with E-state index in [0.29, 0.717) is 5.70 Å². The maximum absolute atomic E-state index is 12.9. The van der Waals surface area contributed by atoms with Gasteiger partial charge in [-0.3, -0.25) is 14.5 Å². The minimum Gasteiger partial charge on any atom is -0.468 e. The van der Waals surface area contributed by atoms with Crippen LogP contribution in [0.15, 0.2) is 60.4 Å². The van der Waals surface area contributed by atoms with Crippen molar-refractivity contribution in [3.63, 3.8) is 0 Å². The average molecular weight is 448 g/mol. The largest absolute Gasteiger partial charge is 0.468 e. The van der Waals surface area contributed by atoms with Crippen LogP contribution >= 0.6 is 12.2 Å². The quantitative estimate of drug-likeness (QED) is 0.327. The van der Waals surface area contributed by atoms with E-state index in [9.17, 15) is 9.59 Å². The van der Waals surface area contributed by atoms with E-state index in [2.05, 4.69) is 42.0 Å². The smallest absolute Gasteiger partial charge is 0.325 e. The van der Waals surface area contributed by atoms with Crippen LogP contribution in [0, 0.1) is 0 Å². The number of hydrogen-bond acceptors (Lipinski definition) is 4. The Morgan fingerprint density at radius 2 is 1.88 bits per heavy atom. The standard InChI is InChI=1S/C25H25N3O3S/c1-4-18-11-8-12-20-19(15-27(23(18)20)14-17-9-6-5-7-10-17)13-21-24(30)26(2)25(32)28(21)16-22(29)31-3/h5-13,15H,4,14,16H2,1-3H3. The van der Waals surface area contributed by atoms with Crippen molar-refractivity contribution in [1.29, 1.82) is 0 Å². The SMILES string of the molecule is CCc1cccc2c(C=C3C(=O)N(C)C(=S)N3CC(=O)OC)cn(Cc3ccccc3)c12. The highest BCUT2D eigenvalue weighted by atomic mass is 32.1. The molecule has 1 aromatic heterocycles. The molecular formula is C25H25N3O3S. The molecular weight excluding hydrogens is 422 g/mol. The number of carbonyl (C=O) groups excluding carboxylic acids is 2. The molecule has 32 heavy (non-hydrogen) atoms. The van der Waals surface area contributed by atoms with Gasteiger partial charge in [0.1, 0.15) is 12.2 Å². The van der Waals surface area contributed by atoms with Crippen LogP contribution in [0.2, 0.25) is 0 Å². The molecule has 0 bridgehead atoms. The molecule has 0 unspecified atom stereocenters. The summed E-state index contributed by atoms with van der Waals surface area (Å²) in [5.41, 5.74) is 4.84. The molecule has 0 N–H and O–H groups in total. The third kappa shape index (κ3) is 3.91. The lowest BCUT2D eigenvalue weighted by Crippen LogP contribution is -2.33. The molecule has 0 spiro atoms. The summed E-state index contributed by atoms with van der Waals surface area (Å²) < 4.78 is 7.02. The van der Waals surface area contributed by atoms with E-state index in [1.54, 1.807) is 7.05 Å². The third-order valence-corrected chi connectivity index (χ3v) is 6.22. The third-order valence-electron chi connectivity index (χ3n) is 5.73. The van der Waals surface area contributed by atoms with Gasteiger partial charge in [-0.05, 0) is 35.8 Å². The minimum atomic E-state index is -0.457. The summed E-state index contributed by atoms with van der Waals surface area (Å²) in [7, 11) is 2.93. The maximum atomic E-state index is 12.9. The van der Waals surface area contributed by atoms with Crippen molar-refractivity contribution < 1.29 is 14.3 Å². The highest BCUT2D eigenvalue weighted by molar-refractivity contribution is 7.80. The molecule has 0 atom stereocenters. The van der Waals surface area contributed by atoms with E-state index in [1.165, 1.54) is 28.0 Å². The molecule has 164 valence electrons. The van der Waals surface area contributed by atoms with Gasteiger partial charge in [-0.15, -0.1) is 0 Å². The van der Waals surface area contributed by atoms with E-state index in [-0.39, 0.29) is 17.6 Å². The molecule has 6 nitrogen and oxygen atoms in total. The number of para-hydroxylation sites is 1. The Labute approximate surface area is 192 Å². The van der Waals surface area contributed by atoms with Gasteiger partial charge >= 0.3 is 5.97 Å². The topological polar surface area (TPSA) is 54.8 Å². The lowest BCUT2D eigenvalue weighted by Gasteiger charge is -2.16. The van der Waals surface area contributed by atoms with Gasteiger partial charge in [-0.25, -0.2) is 0 Å². The van der Waals surface area contributed by atoms with E-state index < -0.39 is 5.97 Å². The molecule has 1 amide bonds. The molecule has 3 aromatic rings. The van der Waals surface area contributed by atoms with Gasteiger partial charge in [0, 0.05) is 30.7 Å². The van der Waals surface area contributed by atoms with E-state index in [1.807, 2.05) is 30.3 Å². The van der Waals surface area contributed by atoms with Gasteiger partial charge in [0.2, 0.25) is 0 Å². The predicted molar refractivity (Wildman–Crippen MR) is 129 cm³/mol. The number of esters is 1. The second kappa shape index (κ2) is 8.96. The summed E-state index contributed by atoms with van der Waals surface area (Å²) in [4.78, 5) is 27.8. The van der Waals surface area contributed by atoms with Crippen LogP contribution in [0.5, 0.6) is 0 Å². The highest BCUT2D eigenvalue weighted by Gasteiger charge is 2.37. The van der Waals surface area contributed by atoms with E-state index in [4.69, 9.17) is 17.0 Å². The van der Waals surface area contributed by atoms with Crippen molar-refractivity contribution in [2.24, 2.45) is 0 Å². The van der Waals surface area contributed by atoms with Crippen molar-refractivity contribution in [2.75, 3.05) is 20.7 Å². The van der Waals surface area contributed by atoms with Crippen LogP contribution in [0.1, 0.15) is 23.6 Å². The number of fused-ring (bicyclic) bond motifs is 1. The van der Waals surface area contributed by atoms with Crippen molar-refractivity contribution in [2.45, 2.75) is 19.9 Å². The fourth-order valence-electron chi connectivity index (χ4n) is 4.06. The Morgan fingerprint density at radius 3 is 2.56 bits per heavy atom. The molecule has 1 fully saturated rings. The first-order chi connectivity index (χ1) is 15.4. The van der Waals surface area contributed by atoms with Crippen molar-refractivity contribution in [1.82, 2.24) is 14.4 Å². The van der Waals surface area contributed by atoms with Gasteiger partial charge in [-0.2, -0.15) is 0 Å². The molecule has 4 rings (SSSR count). The van der Waals surface area contributed by atoms with Crippen molar-refractivity contribution in [3.8, 4) is 0 Å². The number of carbonyl (C=O) groups is 2. The average Bonchev–Trinajstić information content (AvgIpc) is 3.25. The number of thiocarbonyl (C=S) groups is 1. The molecule has 1 saturated heterocycles. The molecule has 2 aromatic carbocycles. The zero-order chi connectivity index (χ0) is 22.8. The number of hydrogen-bond donors (Lipinski definition) is 0. The first kappa shape index (κ1) is 21.8. The van der Waals surface area contributed by atoms with Gasteiger partial charge in [0.25, 0.3) is 5.91 Å². The number of methoxy groups -OCH3 is 1. The van der Waals surface area contributed by atoms with Gasteiger partial charge in [0.05, 0.1) is 12.6 Å². The van der Waals surface area contributed by atoms with Crippen LogP contribution in [-0.4, -0.2) is 52.1 Å². The van der Waals surface area contributed by atoms with Crippen molar-refractivity contribution in [3.05, 3.63) is 77.1 Å². The minimum absolute atomic E-state index is 0.111. The summed E-state index contributed by atoms with van der Waals surface area (Å²) in [5.74, 6) is -0.698. The lowest BCUT2D eigenvalue weighted by atomic mass is 10.1. The number of aryl methyl sites for hydroxylation is 1. The number of benzene rings is 2. The predicted octanol–water partition coefficient (Wildman–Crippen LogP) is 3.82. The normalized spacial score (nSPS) is 15.3. The second-order valence-electron chi connectivity index (χ2n) is 7.70. The molecule has 7 heteroatoms. The maximum Gasteiger partial charge on any atom is 0.325 e. The second-order valence-corrected chi connectivity index (χ2v) is 8.07. The van der Waals surface area contributed by atoms with Gasteiger partial charge in [0.15, 0.2) is 5.11 Å². The molecule has 1 aliphatic rings. The summed E-state index contributed by atoms with van der Waals surface area (Å²) in [6, 6.07) is 16.5. The Morgan fingerprint density at radius 1 is 1.12 bits per heavy atom. The number of amides is 1. The fraction of sp³-hybridized carbons (Fsp3) is 0.240. The summed E-state index contributed by atoms with van der Waals surface area (Å²) >= 11 is 5.40. The van der Waals surface area contributed by atoms with Crippen molar-refractivity contribution >= 4 is 46.2 Å². The zero-order valence-corrected chi connectivity index (χ0v) is 19.2. The molecule has 0 saturated carbocycles. The first-order valence-corrected chi connectivity index (χ1v) is 10.9. The summed E-state index contributed by atoms with van der Waals surface area (Å²) in [6.45, 7) is 2.74. The van der Waals surface area contributed by atoms with Crippen LogP contribution in [0.3, 0.4) is 0 Å². The number of aromatic nitrogens is 1. The summed E-state index contributed by atoms with van der Waals surface area (Å²) in [5, 5.41) is 1.34. The van der Waals surface area contributed by atoms with Crippen LogP contribution < -0.4 is 0 Å². The Bertz CT molecular complexity index is 1230. The van der Waals surface area contributed by atoms with Gasteiger partial charge < -0.3 is 14.2 Å². The zero-order valence-electron chi connectivity index (χ0n) is 18.4. The van der Waals surface area contributed by atoms with Gasteiger partial charge in [-0.1, -0.05) is 55.5 Å². The number of nitrogens with zero attached hydrogens (tertiary/aromatic N) is 3. The molecule has 0 radical (unpaired) electrons. The van der Waals surface area contributed by atoms with Crippen LogP contribution in [0.4, 0.5) is 0 Å². The van der Waals surface area contributed by atoms with Crippen LogP contribution in [-0.2, 0) is 27.3 Å². The summed E-state index contributed by atoms with van der Waals surface area (Å²) in [6.07, 6.45) is 4.78. The molecule has 0 aliphatic carbocycles. The number of likely N-dealkylation sites (N-methyl/N-ethyl adjacent to an activating group) is 1. The lowest BCUT2D eigenvalue weighted by molar-refractivity contribution is -0.140. The van der Waals surface area contributed by atoms with E-state index >= 15 is 0 Å². The Hall–Kier alpha value is -3.45. The van der Waals surface area contributed by atoms with E-state index in [0.717, 1.165) is 29.4 Å². The number of ether oxygens (including phenoxy) is 1. The Kier molecular flexibility index (Phi) is 6.10. The fourth-order valence-corrected chi connectivity index (χ4v) is 4.31. The van der Waals surface area contributed by atoms with Crippen LogP contribution in [0.25, 0.3) is 17.0 Å². The highest BCUT2D eigenvalue weighted by Crippen LogP contribution is 2.30. The first-order valence-electron chi connectivity index (χ1n) is 10.5. The number of rotatable bonds is 6. The monoisotopic (exact) mass is 447 g/mol. The molecule has 1 aliphatic heterocycles. The molecule has 2 heterocycles.